The normalized spacial score (nSPS) is 17.9. The molecule has 1 aliphatic rings. The Morgan fingerprint density at radius 1 is 1.06 bits per heavy atom. The molecule has 2 aromatic carbocycles. The summed E-state index contributed by atoms with van der Waals surface area (Å²) in [6.45, 7) is 6.55. The minimum absolute atomic E-state index is 0.0649. The molecule has 0 aromatic heterocycles. The second kappa shape index (κ2) is 9.69. The van der Waals surface area contributed by atoms with E-state index in [0.717, 1.165) is 13.1 Å². The fraction of sp³-hybridized carbons (Fsp3) is 0.304. The van der Waals surface area contributed by atoms with Gasteiger partial charge in [-0.2, -0.15) is 0 Å². The van der Waals surface area contributed by atoms with E-state index in [9.17, 15) is 29.2 Å². The molecule has 1 saturated heterocycles. The SMILES string of the molecule is CC[NH+](CC)CCN1C(=O)C(=O)/C(=C(/[O-])c2ccc([N+](=O)[O-])cc2)C1c1ccc(F)cc1. The van der Waals surface area contributed by atoms with Gasteiger partial charge in [0.05, 0.1) is 37.1 Å². The molecule has 3 rings (SSSR count). The average Bonchev–Trinajstić information content (AvgIpc) is 3.04. The lowest BCUT2D eigenvalue weighted by molar-refractivity contribution is -0.895. The summed E-state index contributed by atoms with van der Waals surface area (Å²) in [6, 6.07) is 9.24. The van der Waals surface area contributed by atoms with Gasteiger partial charge in [0.2, 0.25) is 5.78 Å². The average molecular weight is 441 g/mol. The molecule has 1 aliphatic heterocycles. The van der Waals surface area contributed by atoms with Crippen LogP contribution in [0.4, 0.5) is 10.1 Å². The standard InChI is InChI=1S/C23H24FN3O5/c1-3-25(4-2)13-14-26-20(15-5-9-17(24)10-6-15)19(22(29)23(26)30)21(28)16-7-11-18(12-8-16)27(31)32/h5-12,20,28H,3-4,13-14H2,1-2H3/b21-19+. The van der Waals surface area contributed by atoms with E-state index in [2.05, 4.69) is 0 Å². The quantitative estimate of drug-likeness (QED) is 0.215. The molecule has 0 radical (unpaired) electrons. The number of likely N-dealkylation sites (N-methyl/N-ethyl adjacent to an activating group) is 1. The number of halogens is 1. The number of rotatable bonds is 8. The molecule has 9 heteroatoms. The molecule has 8 nitrogen and oxygen atoms in total. The third-order valence-electron chi connectivity index (χ3n) is 5.76. The predicted molar refractivity (Wildman–Crippen MR) is 113 cm³/mol. The van der Waals surface area contributed by atoms with E-state index in [1.807, 2.05) is 13.8 Å². The minimum Gasteiger partial charge on any atom is -0.872 e. The van der Waals surface area contributed by atoms with Crippen LogP contribution >= 0.6 is 0 Å². The Kier molecular flexibility index (Phi) is 6.99. The number of nitro benzene ring substituents is 1. The maximum atomic E-state index is 13.5. The topological polar surface area (TPSA) is 108 Å². The van der Waals surface area contributed by atoms with Gasteiger partial charge in [0.15, 0.2) is 0 Å². The number of ketones is 1. The molecule has 168 valence electrons. The van der Waals surface area contributed by atoms with Crippen molar-refractivity contribution in [2.45, 2.75) is 19.9 Å². The van der Waals surface area contributed by atoms with Gasteiger partial charge in [0, 0.05) is 17.7 Å². The fourth-order valence-corrected chi connectivity index (χ4v) is 3.86. The van der Waals surface area contributed by atoms with Crippen molar-refractivity contribution in [3.05, 3.63) is 81.2 Å². The van der Waals surface area contributed by atoms with Crippen LogP contribution in [0.2, 0.25) is 0 Å². The Morgan fingerprint density at radius 2 is 1.66 bits per heavy atom. The predicted octanol–water partition coefficient (Wildman–Crippen LogP) is 0.883. The summed E-state index contributed by atoms with van der Waals surface area (Å²) >= 11 is 0. The molecule has 1 fully saturated rings. The third kappa shape index (κ3) is 4.52. The highest BCUT2D eigenvalue weighted by atomic mass is 19.1. The molecule has 1 unspecified atom stereocenters. The highest BCUT2D eigenvalue weighted by Crippen LogP contribution is 2.38. The summed E-state index contributed by atoms with van der Waals surface area (Å²) in [6.07, 6.45) is 0. The first-order valence-electron chi connectivity index (χ1n) is 10.4. The number of quaternary nitrogens is 1. The second-order valence-electron chi connectivity index (χ2n) is 7.54. The largest absolute Gasteiger partial charge is 0.872 e. The molecule has 0 bridgehead atoms. The van der Waals surface area contributed by atoms with E-state index in [-0.39, 0.29) is 23.4 Å². The molecule has 32 heavy (non-hydrogen) atoms. The monoisotopic (exact) mass is 441 g/mol. The second-order valence-corrected chi connectivity index (χ2v) is 7.54. The molecular formula is C23H24FN3O5. The van der Waals surface area contributed by atoms with Gasteiger partial charge >= 0.3 is 0 Å². The van der Waals surface area contributed by atoms with E-state index >= 15 is 0 Å². The lowest BCUT2D eigenvalue weighted by atomic mass is 9.95. The number of nitrogens with zero attached hydrogens (tertiary/aromatic N) is 2. The number of hydrogen-bond acceptors (Lipinski definition) is 5. The number of carbonyl (C=O) groups excluding carboxylic acids is 2. The van der Waals surface area contributed by atoms with Crippen molar-refractivity contribution < 1.29 is 28.9 Å². The first kappa shape index (κ1) is 23.1. The zero-order valence-electron chi connectivity index (χ0n) is 17.8. The number of Topliss-reactive ketones (excluding diaryl/α,β-unsaturated/α-hetero) is 1. The Hall–Kier alpha value is -3.59. The van der Waals surface area contributed by atoms with Crippen molar-refractivity contribution in [3.8, 4) is 0 Å². The van der Waals surface area contributed by atoms with Crippen molar-refractivity contribution in [2.24, 2.45) is 0 Å². The Balaban J connectivity index is 2.08. The summed E-state index contributed by atoms with van der Waals surface area (Å²) in [4.78, 5) is 38.7. The lowest BCUT2D eigenvalue weighted by Gasteiger charge is -2.28. The van der Waals surface area contributed by atoms with Crippen LogP contribution in [0.25, 0.3) is 5.76 Å². The van der Waals surface area contributed by atoms with Gasteiger partial charge in [-0.1, -0.05) is 17.9 Å². The van der Waals surface area contributed by atoms with E-state index in [1.165, 1.54) is 58.3 Å². The molecular weight excluding hydrogens is 417 g/mol. The molecule has 0 aliphatic carbocycles. The van der Waals surface area contributed by atoms with Crippen LogP contribution in [0.5, 0.6) is 0 Å². The van der Waals surface area contributed by atoms with Crippen LogP contribution in [0.1, 0.15) is 31.0 Å². The van der Waals surface area contributed by atoms with Crippen LogP contribution in [-0.2, 0) is 9.59 Å². The molecule has 2 aromatic rings. The van der Waals surface area contributed by atoms with Gasteiger partial charge in [-0.25, -0.2) is 4.39 Å². The van der Waals surface area contributed by atoms with Crippen molar-refractivity contribution in [1.82, 2.24) is 4.90 Å². The number of likely N-dealkylation sites (tertiary alicyclic amines) is 1. The Morgan fingerprint density at radius 3 is 2.19 bits per heavy atom. The molecule has 1 N–H and O–H groups in total. The van der Waals surface area contributed by atoms with Crippen LogP contribution in [-0.4, -0.2) is 47.7 Å². The van der Waals surface area contributed by atoms with Crippen LogP contribution in [0.15, 0.2) is 54.1 Å². The van der Waals surface area contributed by atoms with Crippen LogP contribution < -0.4 is 10.0 Å². The van der Waals surface area contributed by atoms with Crippen molar-refractivity contribution in [1.29, 1.82) is 0 Å². The summed E-state index contributed by atoms with van der Waals surface area (Å²) in [7, 11) is 0. The van der Waals surface area contributed by atoms with E-state index in [0.29, 0.717) is 12.1 Å². The smallest absolute Gasteiger partial charge is 0.295 e. The number of non-ortho nitro benzene ring substituents is 1. The summed E-state index contributed by atoms with van der Waals surface area (Å²) < 4.78 is 13.5. The Bertz CT molecular complexity index is 1050. The summed E-state index contributed by atoms with van der Waals surface area (Å²) in [5.74, 6) is -2.84. The highest BCUT2D eigenvalue weighted by Gasteiger charge is 2.44. The zero-order valence-corrected chi connectivity index (χ0v) is 17.8. The number of nitro groups is 1. The maximum Gasteiger partial charge on any atom is 0.295 e. The van der Waals surface area contributed by atoms with E-state index in [1.54, 1.807) is 0 Å². The minimum atomic E-state index is -0.951. The molecule has 0 spiro atoms. The first-order chi connectivity index (χ1) is 15.3. The molecule has 1 atom stereocenters. The number of nitrogens with one attached hydrogen (secondary N) is 1. The van der Waals surface area contributed by atoms with Gasteiger partial charge in [0.1, 0.15) is 5.82 Å². The van der Waals surface area contributed by atoms with Gasteiger partial charge in [-0.3, -0.25) is 19.7 Å². The van der Waals surface area contributed by atoms with E-state index in [4.69, 9.17) is 0 Å². The number of hydrogen-bond donors (Lipinski definition) is 1. The van der Waals surface area contributed by atoms with Gasteiger partial charge in [-0.05, 0) is 49.2 Å². The molecule has 1 amide bonds. The highest BCUT2D eigenvalue weighted by molar-refractivity contribution is 6.46. The van der Waals surface area contributed by atoms with Gasteiger partial charge < -0.3 is 14.9 Å². The maximum absolute atomic E-state index is 13.5. The summed E-state index contributed by atoms with van der Waals surface area (Å²) in [5.41, 5.74) is 0.0878. The number of carbonyl (C=O) groups is 2. The van der Waals surface area contributed by atoms with Crippen molar-refractivity contribution >= 4 is 23.1 Å². The van der Waals surface area contributed by atoms with E-state index < -0.39 is 34.2 Å². The fourth-order valence-electron chi connectivity index (χ4n) is 3.86. The summed E-state index contributed by atoms with van der Waals surface area (Å²) in [5, 5.41) is 24.1. The zero-order chi connectivity index (χ0) is 23.4. The van der Waals surface area contributed by atoms with Gasteiger partial charge in [-0.15, -0.1) is 0 Å². The third-order valence-corrected chi connectivity index (χ3v) is 5.76. The van der Waals surface area contributed by atoms with Crippen LogP contribution in [0, 0.1) is 15.9 Å². The first-order valence-corrected chi connectivity index (χ1v) is 10.4. The van der Waals surface area contributed by atoms with Crippen LogP contribution in [0.3, 0.4) is 0 Å². The molecule has 0 saturated carbocycles. The Labute approximate surface area is 184 Å². The number of amides is 1. The van der Waals surface area contributed by atoms with Crippen molar-refractivity contribution in [2.75, 3.05) is 26.2 Å². The van der Waals surface area contributed by atoms with Crippen molar-refractivity contribution in [3.63, 3.8) is 0 Å². The molecule has 1 heterocycles. The van der Waals surface area contributed by atoms with Gasteiger partial charge in [0.25, 0.3) is 11.6 Å². The lowest BCUT2D eigenvalue weighted by Crippen LogP contribution is -3.12. The number of benzene rings is 2.